The number of fused-ring (bicyclic) bond motifs is 6. The summed E-state index contributed by atoms with van der Waals surface area (Å²) < 4.78 is 6.51. The molecule has 234 valence electrons. The summed E-state index contributed by atoms with van der Waals surface area (Å²) in [5.41, 5.74) is 9.61. The molecular weight excluding hydrogens is 609 g/mol. The van der Waals surface area contributed by atoms with Crippen LogP contribution in [0, 0.1) is 0 Å². The van der Waals surface area contributed by atoms with Crippen molar-refractivity contribution >= 4 is 71.3 Å². The third kappa shape index (κ3) is 4.87. The van der Waals surface area contributed by atoms with Gasteiger partial charge in [-0.1, -0.05) is 97.1 Å². The van der Waals surface area contributed by atoms with E-state index in [1.165, 1.54) is 38.2 Å². The van der Waals surface area contributed by atoms with Gasteiger partial charge < -0.3 is 9.32 Å². The fourth-order valence-electron chi connectivity index (χ4n) is 7.30. The summed E-state index contributed by atoms with van der Waals surface area (Å²) in [6, 6.07) is 61.0. The van der Waals surface area contributed by atoms with Crippen molar-refractivity contribution in [3.8, 4) is 22.3 Å². The second kappa shape index (κ2) is 11.5. The standard InChI is InChI=1S/C47H30N2O/c1-3-8-34-24-37(14-12-31(34)6-1)33-16-18-41(19-17-33)49(42-11-5-10-36(26-42)38-15-13-32-7-2-4-9-35(32)25-38)43-20-21-44-45-27-39-22-23-48-30-40(39)28-46(45)50-47(44)29-43/h1-30H. The highest BCUT2D eigenvalue weighted by molar-refractivity contribution is 6.10. The van der Waals surface area contributed by atoms with E-state index in [1.807, 2.05) is 18.5 Å². The maximum atomic E-state index is 6.51. The average molecular weight is 639 g/mol. The first-order valence-corrected chi connectivity index (χ1v) is 16.9. The minimum Gasteiger partial charge on any atom is -0.456 e. The highest BCUT2D eigenvalue weighted by atomic mass is 16.3. The molecule has 2 heterocycles. The van der Waals surface area contributed by atoms with Crippen LogP contribution < -0.4 is 4.90 Å². The van der Waals surface area contributed by atoms with Gasteiger partial charge in [0.15, 0.2) is 0 Å². The van der Waals surface area contributed by atoms with Gasteiger partial charge in [0.05, 0.1) is 0 Å². The van der Waals surface area contributed by atoms with Gasteiger partial charge >= 0.3 is 0 Å². The van der Waals surface area contributed by atoms with Crippen LogP contribution in [0.1, 0.15) is 0 Å². The lowest BCUT2D eigenvalue weighted by molar-refractivity contribution is 0.669. The molecule has 0 aliphatic carbocycles. The lowest BCUT2D eigenvalue weighted by Crippen LogP contribution is -2.10. The van der Waals surface area contributed by atoms with Crippen LogP contribution in [0.5, 0.6) is 0 Å². The fraction of sp³-hybridized carbons (Fsp3) is 0. The van der Waals surface area contributed by atoms with Crippen LogP contribution in [-0.2, 0) is 0 Å². The van der Waals surface area contributed by atoms with Crippen molar-refractivity contribution in [2.45, 2.75) is 0 Å². The first-order chi connectivity index (χ1) is 24.7. The summed E-state index contributed by atoms with van der Waals surface area (Å²) >= 11 is 0. The van der Waals surface area contributed by atoms with Gasteiger partial charge in [0.2, 0.25) is 0 Å². The van der Waals surface area contributed by atoms with Crippen molar-refractivity contribution in [1.82, 2.24) is 4.98 Å². The van der Waals surface area contributed by atoms with Crippen molar-refractivity contribution in [1.29, 1.82) is 0 Å². The van der Waals surface area contributed by atoms with Crippen molar-refractivity contribution in [2.24, 2.45) is 0 Å². The molecule has 3 nitrogen and oxygen atoms in total. The van der Waals surface area contributed by atoms with E-state index < -0.39 is 0 Å². The minimum absolute atomic E-state index is 0.851. The molecule has 0 spiro atoms. The Balaban J connectivity index is 1.11. The molecule has 3 heteroatoms. The number of anilines is 3. The molecule has 0 bridgehead atoms. The molecule has 0 atom stereocenters. The number of hydrogen-bond acceptors (Lipinski definition) is 3. The van der Waals surface area contributed by atoms with Crippen LogP contribution in [0.4, 0.5) is 17.1 Å². The SMILES string of the molecule is c1cc(-c2ccc3ccccc3c2)cc(N(c2ccc(-c3ccc4ccccc4c3)cc2)c2ccc3c(c2)oc2cc4cnccc4cc23)c1. The van der Waals surface area contributed by atoms with E-state index in [-0.39, 0.29) is 0 Å². The van der Waals surface area contributed by atoms with Gasteiger partial charge in [-0.25, -0.2) is 0 Å². The Labute approximate surface area is 289 Å². The van der Waals surface area contributed by atoms with Crippen LogP contribution in [-0.4, -0.2) is 4.98 Å². The second-order valence-electron chi connectivity index (χ2n) is 12.9. The smallest absolute Gasteiger partial charge is 0.137 e. The Morgan fingerprint density at radius 3 is 1.72 bits per heavy atom. The first kappa shape index (κ1) is 28.3. The quantitative estimate of drug-likeness (QED) is 0.188. The van der Waals surface area contributed by atoms with Gasteiger partial charge in [0.1, 0.15) is 11.2 Å². The van der Waals surface area contributed by atoms with Crippen molar-refractivity contribution in [3.05, 3.63) is 182 Å². The number of rotatable bonds is 5. The first-order valence-electron chi connectivity index (χ1n) is 16.9. The molecular formula is C47H30N2O. The van der Waals surface area contributed by atoms with Crippen molar-refractivity contribution in [2.75, 3.05) is 4.90 Å². The molecule has 2 aromatic heterocycles. The number of pyridine rings is 1. The van der Waals surface area contributed by atoms with Crippen molar-refractivity contribution < 1.29 is 4.42 Å². The maximum Gasteiger partial charge on any atom is 0.137 e. The minimum atomic E-state index is 0.851. The van der Waals surface area contributed by atoms with E-state index >= 15 is 0 Å². The molecule has 0 N–H and O–H groups in total. The van der Waals surface area contributed by atoms with Gasteiger partial charge in [-0.3, -0.25) is 4.98 Å². The predicted octanol–water partition coefficient (Wildman–Crippen LogP) is 13.2. The largest absolute Gasteiger partial charge is 0.456 e. The summed E-state index contributed by atoms with van der Waals surface area (Å²) in [7, 11) is 0. The topological polar surface area (TPSA) is 29.3 Å². The number of nitrogens with zero attached hydrogens (tertiary/aromatic N) is 2. The summed E-state index contributed by atoms with van der Waals surface area (Å²) in [5, 5.41) is 9.38. The molecule has 8 aromatic carbocycles. The molecule has 0 unspecified atom stereocenters. The normalized spacial score (nSPS) is 11.6. The highest BCUT2D eigenvalue weighted by Crippen LogP contribution is 2.41. The number of aromatic nitrogens is 1. The summed E-state index contributed by atoms with van der Waals surface area (Å²) in [4.78, 5) is 6.63. The molecule has 0 saturated heterocycles. The summed E-state index contributed by atoms with van der Waals surface area (Å²) in [5.74, 6) is 0. The van der Waals surface area contributed by atoms with Crippen LogP contribution >= 0.6 is 0 Å². The van der Waals surface area contributed by atoms with E-state index in [2.05, 4.69) is 174 Å². The molecule has 10 aromatic rings. The fourth-order valence-corrected chi connectivity index (χ4v) is 7.30. The second-order valence-corrected chi connectivity index (χ2v) is 12.9. The highest BCUT2D eigenvalue weighted by Gasteiger charge is 2.17. The zero-order chi connectivity index (χ0) is 33.0. The monoisotopic (exact) mass is 638 g/mol. The van der Waals surface area contributed by atoms with Crippen LogP contribution in [0.2, 0.25) is 0 Å². The third-order valence-electron chi connectivity index (χ3n) is 9.87. The van der Waals surface area contributed by atoms with Gasteiger partial charge in [-0.05, 0) is 116 Å². The Kier molecular flexibility index (Phi) is 6.49. The zero-order valence-electron chi connectivity index (χ0n) is 27.1. The molecule has 0 fully saturated rings. The van der Waals surface area contributed by atoms with E-state index in [9.17, 15) is 0 Å². The lowest BCUT2D eigenvalue weighted by Gasteiger charge is -2.26. The average Bonchev–Trinajstić information content (AvgIpc) is 3.53. The van der Waals surface area contributed by atoms with Crippen LogP contribution in [0.15, 0.2) is 187 Å². The molecule has 0 aliphatic rings. The molecule has 0 aliphatic heterocycles. The lowest BCUT2D eigenvalue weighted by atomic mass is 9.99. The third-order valence-corrected chi connectivity index (χ3v) is 9.87. The van der Waals surface area contributed by atoms with Crippen LogP contribution in [0.25, 0.3) is 76.5 Å². The molecule has 0 saturated carbocycles. The number of hydrogen-bond donors (Lipinski definition) is 0. The molecule has 0 amide bonds. The van der Waals surface area contributed by atoms with Crippen LogP contribution in [0.3, 0.4) is 0 Å². The van der Waals surface area contributed by atoms with Gasteiger partial charge in [-0.15, -0.1) is 0 Å². The summed E-state index contributed by atoms with van der Waals surface area (Å²) in [6.45, 7) is 0. The van der Waals surface area contributed by atoms with Gasteiger partial charge in [0, 0.05) is 51.7 Å². The zero-order valence-corrected chi connectivity index (χ0v) is 27.1. The Hall–Kier alpha value is -6.71. The Morgan fingerprint density at radius 1 is 0.360 bits per heavy atom. The Morgan fingerprint density at radius 2 is 0.960 bits per heavy atom. The van der Waals surface area contributed by atoms with Gasteiger partial charge in [-0.2, -0.15) is 0 Å². The van der Waals surface area contributed by atoms with E-state index in [1.54, 1.807) is 0 Å². The molecule has 0 radical (unpaired) electrons. The molecule has 10 rings (SSSR count). The predicted molar refractivity (Wildman–Crippen MR) is 210 cm³/mol. The van der Waals surface area contributed by atoms with Gasteiger partial charge in [0.25, 0.3) is 0 Å². The number of furan rings is 1. The van der Waals surface area contributed by atoms with E-state index in [4.69, 9.17) is 4.42 Å². The summed E-state index contributed by atoms with van der Waals surface area (Å²) in [6.07, 6.45) is 3.73. The Bertz CT molecular complexity index is 2890. The maximum absolute atomic E-state index is 6.51. The van der Waals surface area contributed by atoms with E-state index in [0.717, 1.165) is 55.3 Å². The van der Waals surface area contributed by atoms with E-state index in [0.29, 0.717) is 0 Å². The molecule has 50 heavy (non-hydrogen) atoms. The van der Waals surface area contributed by atoms with Crippen molar-refractivity contribution in [3.63, 3.8) is 0 Å². The number of benzene rings is 8.